The highest BCUT2D eigenvalue weighted by Crippen LogP contribution is 2.26. The summed E-state index contributed by atoms with van der Waals surface area (Å²) in [6.07, 6.45) is 1.99. The lowest BCUT2D eigenvalue weighted by atomic mass is 10.2. The number of ether oxygens (including phenoxy) is 2. The first-order valence-corrected chi connectivity index (χ1v) is 8.95. The minimum Gasteiger partial charge on any atom is -0.493 e. The van der Waals surface area contributed by atoms with Gasteiger partial charge in [-0.15, -0.1) is 16.9 Å². The van der Waals surface area contributed by atoms with E-state index < -0.39 is 5.91 Å². The van der Waals surface area contributed by atoms with Crippen molar-refractivity contribution in [3.63, 3.8) is 0 Å². The zero-order valence-corrected chi connectivity index (χ0v) is 15.1. The van der Waals surface area contributed by atoms with Crippen LogP contribution in [0.5, 0.6) is 11.5 Å². The summed E-state index contributed by atoms with van der Waals surface area (Å²) in [6, 6.07) is 14.8. The predicted octanol–water partition coefficient (Wildman–Crippen LogP) is 3.48. The van der Waals surface area contributed by atoms with Crippen molar-refractivity contribution in [2.45, 2.75) is 4.90 Å². The quantitative estimate of drug-likeness (QED) is 0.636. The molecule has 134 valence electrons. The predicted molar refractivity (Wildman–Crippen MR) is 98.6 cm³/mol. The number of nitrogens with zero attached hydrogens (tertiary/aromatic N) is 2. The summed E-state index contributed by atoms with van der Waals surface area (Å²) in [6.45, 7) is -0.208. The van der Waals surface area contributed by atoms with Crippen LogP contribution in [0.3, 0.4) is 0 Å². The van der Waals surface area contributed by atoms with Gasteiger partial charge in [0, 0.05) is 10.5 Å². The molecule has 0 saturated heterocycles. The van der Waals surface area contributed by atoms with E-state index in [1.54, 1.807) is 30.0 Å². The molecule has 0 saturated carbocycles. The number of amides is 1. The number of hydrogen-bond acceptors (Lipinski definition) is 7. The molecule has 0 unspecified atom stereocenters. The van der Waals surface area contributed by atoms with Crippen molar-refractivity contribution in [1.29, 1.82) is 0 Å². The van der Waals surface area contributed by atoms with Crippen LogP contribution in [-0.2, 0) is 4.79 Å². The minimum atomic E-state index is -0.413. The van der Waals surface area contributed by atoms with E-state index in [0.717, 1.165) is 10.5 Å². The number of rotatable bonds is 7. The zero-order chi connectivity index (χ0) is 18.4. The second-order valence-corrected chi connectivity index (χ2v) is 6.01. The third-order valence-electron chi connectivity index (χ3n) is 3.42. The van der Waals surface area contributed by atoms with Crippen molar-refractivity contribution in [2.75, 3.05) is 25.3 Å². The average molecular weight is 371 g/mol. The SMILES string of the molecule is COc1ccccc1OCC(=O)Nc1nnc(-c2cccc(SC)c2)o1. The van der Waals surface area contributed by atoms with Crippen LogP contribution in [0.15, 0.2) is 57.8 Å². The maximum absolute atomic E-state index is 12.0. The number of carbonyl (C=O) groups excluding carboxylic acids is 1. The zero-order valence-electron chi connectivity index (χ0n) is 14.3. The van der Waals surface area contributed by atoms with Gasteiger partial charge in [-0.3, -0.25) is 10.1 Å². The Morgan fingerprint density at radius 2 is 1.96 bits per heavy atom. The fourth-order valence-corrected chi connectivity index (χ4v) is 2.64. The van der Waals surface area contributed by atoms with Crippen molar-refractivity contribution < 1.29 is 18.7 Å². The Hall–Kier alpha value is -3.00. The molecule has 1 amide bonds. The molecular weight excluding hydrogens is 354 g/mol. The normalized spacial score (nSPS) is 10.4. The molecule has 3 aromatic rings. The molecule has 0 aliphatic rings. The first-order valence-electron chi connectivity index (χ1n) is 7.73. The van der Waals surface area contributed by atoms with Crippen LogP contribution in [-0.4, -0.2) is 36.1 Å². The van der Waals surface area contributed by atoms with Gasteiger partial charge in [0.1, 0.15) is 0 Å². The van der Waals surface area contributed by atoms with Crippen LogP contribution in [0, 0.1) is 0 Å². The number of carbonyl (C=O) groups is 1. The van der Waals surface area contributed by atoms with Gasteiger partial charge in [0.2, 0.25) is 5.89 Å². The van der Waals surface area contributed by atoms with Crippen molar-refractivity contribution in [2.24, 2.45) is 0 Å². The molecule has 0 spiro atoms. The summed E-state index contributed by atoms with van der Waals surface area (Å²) in [5.74, 6) is 0.949. The number of hydrogen-bond donors (Lipinski definition) is 1. The van der Waals surface area contributed by atoms with E-state index in [2.05, 4.69) is 15.5 Å². The highest BCUT2D eigenvalue weighted by Gasteiger charge is 2.13. The van der Waals surface area contributed by atoms with E-state index in [1.165, 1.54) is 7.11 Å². The third-order valence-corrected chi connectivity index (χ3v) is 4.14. The Balaban J connectivity index is 1.61. The number of aromatic nitrogens is 2. The molecule has 0 aliphatic heterocycles. The van der Waals surface area contributed by atoms with Crippen molar-refractivity contribution in [3.8, 4) is 23.0 Å². The number of anilines is 1. The van der Waals surface area contributed by atoms with E-state index in [0.29, 0.717) is 17.4 Å². The molecule has 0 fully saturated rings. The summed E-state index contributed by atoms with van der Waals surface area (Å²) in [4.78, 5) is 13.1. The first-order chi connectivity index (χ1) is 12.7. The molecule has 1 aromatic heterocycles. The molecule has 0 atom stereocenters. The fourth-order valence-electron chi connectivity index (χ4n) is 2.18. The number of benzene rings is 2. The van der Waals surface area contributed by atoms with Crippen molar-refractivity contribution in [3.05, 3.63) is 48.5 Å². The minimum absolute atomic E-state index is 0.0168. The number of para-hydroxylation sites is 2. The lowest BCUT2D eigenvalue weighted by Gasteiger charge is -2.09. The van der Waals surface area contributed by atoms with Crippen LogP contribution in [0.2, 0.25) is 0 Å². The van der Waals surface area contributed by atoms with E-state index in [-0.39, 0.29) is 12.6 Å². The highest BCUT2D eigenvalue weighted by atomic mass is 32.2. The molecule has 1 heterocycles. The lowest BCUT2D eigenvalue weighted by molar-refractivity contribution is -0.118. The van der Waals surface area contributed by atoms with Gasteiger partial charge in [-0.05, 0) is 36.6 Å². The van der Waals surface area contributed by atoms with E-state index in [1.807, 2.05) is 36.6 Å². The van der Waals surface area contributed by atoms with E-state index in [4.69, 9.17) is 13.9 Å². The Morgan fingerprint density at radius 1 is 1.15 bits per heavy atom. The van der Waals surface area contributed by atoms with Crippen LogP contribution >= 0.6 is 11.8 Å². The van der Waals surface area contributed by atoms with Crippen LogP contribution < -0.4 is 14.8 Å². The summed E-state index contributed by atoms with van der Waals surface area (Å²) in [5, 5.41) is 10.3. The van der Waals surface area contributed by atoms with Crippen LogP contribution in [0.4, 0.5) is 6.01 Å². The Kier molecular flexibility index (Phi) is 5.75. The van der Waals surface area contributed by atoms with Gasteiger partial charge in [-0.25, -0.2) is 0 Å². The molecule has 26 heavy (non-hydrogen) atoms. The number of nitrogens with one attached hydrogen (secondary N) is 1. The highest BCUT2D eigenvalue weighted by molar-refractivity contribution is 7.98. The van der Waals surface area contributed by atoms with Gasteiger partial charge in [0.25, 0.3) is 5.91 Å². The molecule has 7 nitrogen and oxygen atoms in total. The van der Waals surface area contributed by atoms with Crippen molar-refractivity contribution >= 4 is 23.7 Å². The maximum atomic E-state index is 12.0. The molecular formula is C18H17N3O4S. The molecule has 2 aromatic carbocycles. The average Bonchev–Trinajstić information content (AvgIpc) is 3.15. The Morgan fingerprint density at radius 3 is 2.73 bits per heavy atom. The molecule has 0 aliphatic carbocycles. The number of methoxy groups -OCH3 is 1. The second kappa shape index (κ2) is 8.39. The second-order valence-electron chi connectivity index (χ2n) is 5.13. The topological polar surface area (TPSA) is 86.5 Å². The first kappa shape index (κ1) is 17.8. The molecule has 3 rings (SSSR count). The monoisotopic (exact) mass is 371 g/mol. The lowest BCUT2D eigenvalue weighted by Crippen LogP contribution is -2.20. The summed E-state index contributed by atoms with van der Waals surface area (Å²) in [7, 11) is 1.54. The maximum Gasteiger partial charge on any atom is 0.322 e. The fraction of sp³-hybridized carbons (Fsp3) is 0.167. The summed E-state index contributed by atoms with van der Waals surface area (Å²) >= 11 is 1.62. The summed E-state index contributed by atoms with van der Waals surface area (Å²) < 4.78 is 16.1. The van der Waals surface area contributed by atoms with Crippen LogP contribution in [0.25, 0.3) is 11.5 Å². The van der Waals surface area contributed by atoms with Gasteiger partial charge in [-0.1, -0.05) is 23.3 Å². The number of thioether (sulfide) groups is 1. The van der Waals surface area contributed by atoms with E-state index in [9.17, 15) is 4.79 Å². The standard InChI is InChI=1S/C18H17N3O4S/c1-23-14-8-3-4-9-15(14)24-11-16(22)19-18-21-20-17(25-18)12-6-5-7-13(10-12)26-2/h3-10H,11H2,1-2H3,(H,19,21,22). The molecule has 0 radical (unpaired) electrons. The van der Waals surface area contributed by atoms with Crippen molar-refractivity contribution in [1.82, 2.24) is 10.2 Å². The Bertz CT molecular complexity index is 897. The third kappa shape index (κ3) is 4.34. The molecule has 0 bridgehead atoms. The smallest absolute Gasteiger partial charge is 0.322 e. The van der Waals surface area contributed by atoms with Gasteiger partial charge in [-0.2, -0.15) is 0 Å². The molecule has 8 heteroatoms. The van der Waals surface area contributed by atoms with Crippen LogP contribution in [0.1, 0.15) is 0 Å². The van der Waals surface area contributed by atoms with Gasteiger partial charge < -0.3 is 13.9 Å². The van der Waals surface area contributed by atoms with Gasteiger partial charge in [0.05, 0.1) is 7.11 Å². The Labute approximate surface area is 154 Å². The summed E-state index contributed by atoms with van der Waals surface area (Å²) in [5.41, 5.74) is 0.787. The largest absolute Gasteiger partial charge is 0.493 e. The van der Waals surface area contributed by atoms with Gasteiger partial charge >= 0.3 is 6.01 Å². The van der Waals surface area contributed by atoms with E-state index >= 15 is 0 Å². The molecule has 1 N–H and O–H groups in total. The van der Waals surface area contributed by atoms with Gasteiger partial charge in [0.15, 0.2) is 18.1 Å².